The van der Waals surface area contributed by atoms with Crippen LogP contribution in [0.25, 0.3) is 0 Å². The summed E-state index contributed by atoms with van der Waals surface area (Å²) in [5, 5.41) is 1.45. The quantitative estimate of drug-likeness (QED) is 0.339. The monoisotopic (exact) mass is 522 g/mol. The summed E-state index contributed by atoms with van der Waals surface area (Å²) in [4.78, 5) is 38.2. The van der Waals surface area contributed by atoms with Crippen LogP contribution < -0.4 is 0 Å². The summed E-state index contributed by atoms with van der Waals surface area (Å²) < 4.78 is 6.10. The van der Waals surface area contributed by atoms with Gasteiger partial charge < -0.3 is 4.74 Å². The largest absolute Gasteiger partial charge is 0.450 e. The van der Waals surface area contributed by atoms with E-state index in [0.29, 0.717) is 36.1 Å². The highest BCUT2D eigenvalue weighted by atomic mass is 79.9. The van der Waals surface area contributed by atoms with E-state index in [4.69, 9.17) is 16.3 Å². The highest BCUT2D eigenvalue weighted by molar-refractivity contribution is 9.09. The lowest BCUT2D eigenvalue weighted by Crippen LogP contribution is -2.58. The lowest BCUT2D eigenvalue weighted by Gasteiger charge is -2.57. The molecule has 6 heteroatoms. The fraction of sp³-hybridized carbons (Fsp3) is 0.731. The summed E-state index contributed by atoms with van der Waals surface area (Å²) in [6, 6.07) is 0. The SMILES string of the molecule is CC(=O)[C@@]1(OC(=O)CCCBr)CC[C@H]2[C@@H]3C=C(Cl)C4=CC(=O)[C@@H]5C[C@@H]5[C@]4(C)[C@H]3CC[C@@]21C. The first-order valence-corrected chi connectivity index (χ1v) is 13.5. The number of allylic oxidation sites excluding steroid dienone is 4. The molecule has 4 nitrogen and oxygen atoms in total. The second-order valence-electron chi connectivity index (χ2n) is 11.1. The molecule has 0 heterocycles. The van der Waals surface area contributed by atoms with Crippen LogP contribution in [0.2, 0.25) is 0 Å². The van der Waals surface area contributed by atoms with Crippen molar-refractivity contribution in [1.29, 1.82) is 0 Å². The Morgan fingerprint density at radius 2 is 1.91 bits per heavy atom. The summed E-state index contributed by atoms with van der Waals surface area (Å²) in [6.45, 7) is 6.07. The number of rotatable bonds is 5. The Kier molecular flexibility index (Phi) is 5.37. The van der Waals surface area contributed by atoms with Gasteiger partial charge in [0, 0.05) is 33.5 Å². The van der Waals surface area contributed by atoms with Crippen molar-refractivity contribution in [3.05, 3.63) is 22.8 Å². The smallest absolute Gasteiger partial charge is 0.306 e. The molecule has 0 N–H and O–H groups in total. The Morgan fingerprint density at radius 3 is 2.59 bits per heavy atom. The van der Waals surface area contributed by atoms with E-state index in [2.05, 4.69) is 35.9 Å². The first kappa shape index (κ1) is 22.8. The van der Waals surface area contributed by atoms with Crippen LogP contribution in [-0.4, -0.2) is 28.5 Å². The van der Waals surface area contributed by atoms with Crippen molar-refractivity contribution in [3.8, 4) is 0 Å². The Hall–Kier alpha value is -0.940. The number of esters is 1. The summed E-state index contributed by atoms with van der Waals surface area (Å²) in [7, 11) is 0. The van der Waals surface area contributed by atoms with E-state index in [0.717, 1.165) is 36.6 Å². The molecule has 3 saturated carbocycles. The van der Waals surface area contributed by atoms with E-state index in [9.17, 15) is 14.4 Å². The Balaban J connectivity index is 1.52. The van der Waals surface area contributed by atoms with E-state index < -0.39 is 11.0 Å². The minimum atomic E-state index is -1.05. The summed E-state index contributed by atoms with van der Waals surface area (Å²) in [6.07, 6.45) is 9.22. The summed E-state index contributed by atoms with van der Waals surface area (Å²) in [5.74, 6) is 1.35. The van der Waals surface area contributed by atoms with Gasteiger partial charge in [-0.05, 0) is 80.8 Å². The lowest BCUT2D eigenvalue weighted by molar-refractivity contribution is -0.187. The van der Waals surface area contributed by atoms with E-state index >= 15 is 0 Å². The number of ether oxygens (including phenoxy) is 1. The van der Waals surface area contributed by atoms with Gasteiger partial charge in [0.2, 0.25) is 0 Å². The van der Waals surface area contributed by atoms with Gasteiger partial charge in [0.1, 0.15) is 0 Å². The zero-order valence-electron chi connectivity index (χ0n) is 19.1. The lowest BCUT2D eigenvalue weighted by atomic mass is 9.47. The predicted octanol–water partition coefficient (Wildman–Crippen LogP) is 5.76. The van der Waals surface area contributed by atoms with Crippen LogP contribution in [0.3, 0.4) is 0 Å². The van der Waals surface area contributed by atoms with Gasteiger partial charge in [-0.2, -0.15) is 0 Å². The standard InChI is InChI=1S/C26H32BrClO4/c1-14(29)26(32-23(31)5-4-10-27)9-7-17-15-12-21(28)20-13-22(30)16-11-19(16)25(20,3)18(15)6-8-24(17,26)2/h12-13,15-19H,4-11H2,1-3H3/t15-,16+,17-,18-,19-,24-,25-,26-/m0/s1. The number of hydrogen-bond donors (Lipinski definition) is 0. The molecule has 5 aliphatic carbocycles. The highest BCUT2D eigenvalue weighted by Gasteiger charge is 2.70. The molecule has 0 saturated heterocycles. The van der Waals surface area contributed by atoms with E-state index in [1.165, 1.54) is 0 Å². The van der Waals surface area contributed by atoms with Crippen LogP contribution in [0.4, 0.5) is 0 Å². The zero-order chi connectivity index (χ0) is 23.1. The third-order valence-electron chi connectivity index (χ3n) is 9.98. The molecule has 5 rings (SSSR count). The number of carbonyl (C=O) groups is 3. The maximum absolute atomic E-state index is 13.1. The van der Waals surface area contributed by atoms with Crippen molar-refractivity contribution in [3.63, 3.8) is 0 Å². The Morgan fingerprint density at radius 1 is 1.19 bits per heavy atom. The molecular formula is C26H32BrClO4. The van der Waals surface area contributed by atoms with Crippen molar-refractivity contribution >= 4 is 45.1 Å². The van der Waals surface area contributed by atoms with Crippen molar-refractivity contribution in [2.45, 2.75) is 71.3 Å². The van der Waals surface area contributed by atoms with Crippen LogP contribution in [0.5, 0.6) is 0 Å². The second-order valence-corrected chi connectivity index (χ2v) is 12.3. The Bertz CT molecular complexity index is 955. The fourth-order valence-electron chi connectivity index (χ4n) is 8.24. The van der Waals surface area contributed by atoms with Crippen molar-refractivity contribution in [1.82, 2.24) is 0 Å². The number of carbonyl (C=O) groups excluding carboxylic acids is 3. The second kappa shape index (κ2) is 7.53. The molecule has 174 valence electrons. The Labute approximate surface area is 203 Å². The van der Waals surface area contributed by atoms with Gasteiger partial charge in [-0.3, -0.25) is 14.4 Å². The van der Waals surface area contributed by atoms with E-state index in [1.54, 1.807) is 6.92 Å². The number of halogens is 2. The molecule has 0 unspecified atom stereocenters. The van der Waals surface area contributed by atoms with Gasteiger partial charge in [-0.15, -0.1) is 0 Å². The van der Waals surface area contributed by atoms with Crippen LogP contribution in [0.1, 0.15) is 65.7 Å². The van der Waals surface area contributed by atoms with Gasteiger partial charge in [-0.25, -0.2) is 0 Å². The molecule has 0 aromatic heterocycles. The molecule has 5 aliphatic rings. The molecule has 0 aromatic rings. The average molecular weight is 524 g/mol. The highest BCUT2D eigenvalue weighted by Crippen LogP contribution is 2.72. The van der Waals surface area contributed by atoms with Gasteiger partial charge in [-0.1, -0.05) is 47.5 Å². The maximum atomic E-state index is 13.1. The van der Waals surface area contributed by atoms with Crippen LogP contribution in [0, 0.1) is 40.4 Å². The number of alkyl halides is 1. The first-order valence-electron chi connectivity index (χ1n) is 12.0. The number of fused-ring (bicyclic) bond motifs is 7. The van der Waals surface area contributed by atoms with E-state index in [-0.39, 0.29) is 40.7 Å². The molecule has 0 spiro atoms. The number of ketones is 2. The van der Waals surface area contributed by atoms with Crippen LogP contribution >= 0.6 is 27.5 Å². The van der Waals surface area contributed by atoms with Gasteiger partial charge >= 0.3 is 5.97 Å². The predicted molar refractivity (Wildman–Crippen MR) is 126 cm³/mol. The molecule has 32 heavy (non-hydrogen) atoms. The van der Waals surface area contributed by atoms with Gasteiger partial charge in [0.25, 0.3) is 0 Å². The minimum absolute atomic E-state index is 0.0312. The van der Waals surface area contributed by atoms with Gasteiger partial charge in [0.15, 0.2) is 17.2 Å². The van der Waals surface area contributed by atoms with Crippen molar-refractivity contribution < 1.29 is 19.1 Å². The van der Waals surface area contributed by atoms with E-state index in [1.807, 2.05) is 6.08 Å². The van der Waals surface area contributed by atoms with Crippen molar-refractivity contribution in [2.75, 3.05) is 5.33 Å². The molecule has 0 bridgehead atoms. The topological polar surface area (TPSA) is 60.4 Å². The number of hydrogen-bond acceptors (Lipinski definition) is 4. The molecule has 0 aromatic carbocycles. The third kappa shape index (κ3) is 2.88. The maximum Gasteiger partial charge on any atom is 0.306 e. The fourth-order valence-corrected chi connectivity index (χ4v) is 8.92. The van der Waals surface area contributed by atoms with Crippen LogP contribution in [0.15, 0.2) is 22.8 Å². The van der Waals surface area contributed by atoms with Crippen molar-refractivity contribution in [2.24, 2.45) is 40.4 Å². The zero-order valence-corrected chi connectivity index (χ0v) is 21.4. The minimum Gasteiger partial charge on any atom is -0.450 e. The van der Waals surface area contributed by atoms with Crippen LogP contribution in [-0.2, 0) is 19.1 Å². The molecule has 0 amide bonds. The van der Waals surface area contributed by atoms with Gasteiger partial charge in [0.05, 0.1) is 0 Å². The molecule has 8 atom stereocenters. The summed E-state index contributed by atoms with van der Waals surface area (Å²) in [5.41, 5.74) is -0.494. The third-order valence-corrected chi connectivity index (χ3v) is 10.9. The molecular weight excluding hydrogens is 492 g/mol. The normalized spacial score (nSPS) is 46.2. The average Bonchev–Trinajstić information content (AvgIpc) is 3.49. The first-order chi connectivity index (χ1) is 15.1. The molecule has 3 fully saturated rings. The molecule has 0 radical (unpaired) electrons. The summed E-state index contributed by atoms with van der Waals surface area (Å²) >= 11 is 10.2. The number of Topliss-reactive ketones (excluding diaryl/α,β-unsaturated/α-hetero) is 1. The molecule has 0 aliphatic heterocycles.